The van der Waals surface area contributed by atoms with Gasteiger partial charge in [0.2, 0.25) is 0 Å². The van der Waals surface area contributed by atoms with E-state index in [9.17, 15) is 14.0 Å². The monoisotopic (exact) mass is 284 g/mol. The van der Waals surface area contributed by atoms with Crippen molar-refractivity contribution in [3.8, 4) is 5.75 Å². The van der Waals surface area contributed by atoms with Gasteiger partial charge in [-0.25, -0.2) is 9.18 Å². The van der Waals surface area contributed by atoms with E-state index in [-0.39, 0.29) is 12.3 Å². The van der Waals surface area contributed by atoms with Gasteiger partial charge in [0.25, 0.3) is 0 Å². The lowest BCUT2D eigenvalue weighted by molar-refractivity contribution is -0.146. The van der Waals surface area contributed by atoms with E-state index < -0.39 is 23.2 Å². The van der Waals surface area contributed by atoms with E-state index in [2.05, 4.69) is 10.6 Å². The van der Waals surface area contributed by atoms with Crippen molar-refractivity contribution in [2.24, 2.45) is 5.41 Å². The van der Waals surface area contributed by atoms with Gasteiger partial charge < -0.3 is 20.5 Å². The Kier molecular flexibility index (Phi) is 4.90. The van der Waals surface area contributed by atoms with Crippen LogP contribution < -0.4 is 15.4 Å². The molecule has 1 rings (SSSR count). The van der Waals surface area contributed by atoms with E-state index in [0.29, 0.717) is 5.69 Å². The van der Waals surface area contributed by atoms with Crippen LogP contribution in [0.5, 0.6) is 5.75 Å². The van der Waals surface area contributed by atoms with Gasteiger partial charge in [0.15, 0.2) is 11.6 Å². The maximum atomic E-state index is 13.2. The Morgan fingerprint density at radius 3 is 2.60 bits per heavy atom. The van der Waals surface area contributed by atoms with Crippen molar-refractivity contribution in [2.45, 2.75) is 13.8 Å². The van der Waals surface area contributed by atoms with Crippen LogP contribution in [0.3, 0.4) is 0 Å². The number of methoxy groups -OCH3 is 1. The van der Waals surface area contributed by atoms with Crippen molar-refractivity contribution in [3.05, 3.63) is 24.0 Å². The minimum Gasteiger partial charge on any atom is -0.494 e. The lowest BCUT2D eigenvalue weighted by Gasteiger charge is -2.19. The summed E-state index contributed by atoms with van der Waals surface area (Å²) in [7, 11) is 1.32. The minimum atomic E-state index is -1.07. The fourth-order valence-electron chi connectivity index (χ4n) is 1.29. The molecule has 7 heteroatoms. The maximum Gasteiger partial charge on any atom is 0.319 e. The molecule has 0 fully saturated rings. The number of carbonyl (C=O) groups excluding carboxylic acids is 1. The van der Waals surface area contributed by atoms with Crippen molar-refractivity contribution in [3.63, 3.8) is 0 Å². The molecule has 0 aliphatic carbocycles. The van der Waals surface area contributed by atoms with Gasteiger partial charge in [-0.05, 0) is 26.0 Å². The molecule has 0 aromatic heterocycles. The summed E-state index contributed by atoms with van der Waals surface area (Å²) in [5, 5.41) is 13.8. The number of ether oxygens (including phenoxy) is 1. The van der Waals surface area contributed by atoms with Crippen LogP contribution in [0, 0.1) is 11.2 Å². The molecule has 3 N–H and O–H groups in total. The van der Waals surface area contributed by atoms with Crippen molar-refractivity contribution in [1.29, 1.82) is 0 Å². The average molecular weight is 284 g/mol. The molecule has 0 saturated carbocycles. The number of rotatable bonds is 5. The van der Waals surface area contributed by atoms with Crippen LogP contribution in [0.15, 0.2) is 18.2 Å². The van der Waals surface area contributed by atoms with Gasteiger partial charge in [-0.3, -0.25) is 4.79 Å². The Hall–Kier alpha value is -2.31. The van der Waals surface area contributed by atoms with Crippen LogP contribution in [0.4, 0.5) is 14.9 Å². The summed E-state index contributed by atoms with van der Waals surface area (Å²) in [5.41, 5.74) is -0.730. The quantitative estimate of drug-likeness (QED) is 0.772. The molecule has 110 valence electrons. The Morgan fingerprint density at radius 2 is 2.05 bits per heavy atom. The summed E-state index contributed by atoms with van der Waals surface area (Å²) in [6.07, 6.45) is 0. The predicted molar refractivity (Wildman–Crippen MR) is 71.4 cm³/mol. The minimum absolute atomic E-state index is 0.00802. The van der Waals surface area contributed by atoms with Crippen LogP contribution >= 0.6 is 0 Å². The predicted octanol–water partition coefficient (Wildman–Crippen LogP) is 2.07. The van der Waals surface area contributed by atoms with Gasteiger partial charge in [0.05, 0.1) is 12.5 Å². The molecule has 0 bridgehead atoms. The lowest BCUT2D eigenvalue weighted by Crippen LogP contribution is -2.40. The van der Waals surface area contributed by atoms with E-state index in [1.54, 1.807) is 0 Å². The number of urea groups is 1. The van der Waals surface area contributed by atoms with E-state index in [4.69, 9.17) is 9.84 Å². The number of nitrogens with one attached hydrogen (secondary N) is 2. The molecular formula is C13H17FN2O4. The third-order valence-corrected chi connectivity index (χ3v) is 2.68. The zero-order valence-electron chi connectivity index (χ0n) is 11.5. The standard InChI is InChI=1S/C13H17FN2O4/c1-13(2,11(17)18)7-15-12(19)16-8-4-5-9(14)10(6-8)20-3/h4-6H,7H2,1-3H3,(H,17,18)(H2,15,16,19). The molecule has 0 unspecified atom stereocenters. The second kappa shape index (κ2) is 6.23. The van der Waals surface area contributed by atoms with E-state index in [0.717, 1.165) is 6.07 Å². The molecule has 1 aromatic rings. The number of amides is 2. The number of carbonyl (C=O) groups is 2. The first-order valence-corrected chi connectivity index (χ1v) is 5.88. The SMILES string of the molecule is COc1cc(NC(=O)NCC(C)(C)C(=O)O)ccc1F. The maximum absolute atomic E-state index is 13.2. The number of carboxylic acid groups (broad SMARTS) is 1. The summed E-state index contributed by atoms with van der Waals surface area (Å²) in [6, 6.07) is 3.29. The molecule has 0 spiro atoms. The van der Waals surface area contributed by atoms with Gasteiger partial charge in [-0.15, -0.1) is 0 Å². The molecule has 6 nitrogen and oxygen atoms in total. The molecule has 1 aromatic carbocycles. The summed E-state index contributed by atoms with van der Waals surface area (Å²) >= 11 is 0. The van der Waals surface area contributed by atoms with Gasteiger partial charge in [-0.2, -0.15) is 0 Å². The number of anilines is 1. The molecule has 0 saturated heterocycles. The fourth-order valence-corrected chi connectivity index (χ4v) is 1.29. The van der Waals surface area contributed by atoms with Gasteiger partial charge in [0, 0.05) is 18.3 Å². The zero-order chi connectivity index (χ0) is 15.3. The Labute approximate surface area is 115 Å². The number of carboxylic acids is 1. The Bertz CT molecular complexity index is 517. The largest absolute Gasteiger partial charge is 0.494 e. The Morgan fingerprint density at radius 1 is 1.40 bits per heavy atom. The molecule has 0 atom stereocenters. The fraction of sp³-hybridized carbons (Fsp3) is 0.385. The molecular weight excluding hydrogens is 267 g/mol. The van der Waals surface area contributed by atoms with Crippen LogP contribution in [0.25, 0.3) is 0 Å². The summed E-state index contributed by atoms with van der Waals surface area (Å²) in [5.74, 6) is -1.54. The van der Waals surface area contributed by atoms with Gasteiger partial charge in [0.1, 0.15) is 0 Å². The first-order chi connectivity index (χ1) is 9.26. The molecule has 20 heavy (non-hydrogen) atoms. The van der Waals surface area contributed by atoms with Crippen molar-refractivity contribution >= 4 is 17.7 Å². The number of benzene rings is 1. The van der Waals surface area contributed by atoms with Crippen LogP contribution in [-0.4, -0.2) is 30.8 Å². The number of hydrogen-bond acceptors (Lipinski definition) is 3. The van der Waals surface area contributed by atoms with Crippen LogP contribution in [-0.2, 0) is 4.79 Å². The smallest absolute Gasteiger partial charge is 0.319 e. The number of hydrogen-bond donors (Lipinski definition) is 3. The van der Waals surface area contributed by atoms with E-state index >= 15 is 0 Å². The van der Waals surface area contributed by atoms with Crippen molar-refractivity contribution in [2.75, 3.05) is 19.0 Å². The van der Waals surface area contributed by atoms with Crippen molar-refractivity contribution in [1.82, 2.24) is 5.32 Å². The summed E-state index contributed by atoms with van der Waals surface area (Å²) in [6.45, 7) is 2.96. The second-order valence-electron chi connectivity index (χ2n) is 4.85. The summed E-state index contributed by atoms with van der Waals surface area (Å²) < 4.78 is 18.0. The molecule has 0 radical (unpaired) electrons. The highest BCUT2D eigenvalue weighted by Gasteiger charge is 2.27. The van der Waals surface area contributed by atoms with Gasteiger partial charge in [-0.1, -0.05) is 0 Å². The lowest BCUT2D eigenvalue weighted by atomic mass is 9.94. The van der Waals surface area contributed by atoms with Crippen molar-refractivity contribution < 1.29 is 23.8 Å². The first kappa shape index (κ1) is 15.7. The van der Waals surface area contributed by atoms with Crippen LogP contribution in [0.1, 0.15) is 13.8 Å². The summed E-state index contributed by atoms with van der Waals surface area (Å²) in [4.78, 5) is 22.5. The highest BCUT2D eigenvalue weighted by molar-refractivity contribution is 5.89. The second-order valence-corrected chi connectivity index (χ2v) is 4.85. The third kappa shape index (κ3) is 4.11. The number of halogens is 1. The van der Waals surface area contributed by atoms with E-state index in [1.165, 1.54) is 33.1 Å². The van der Waals surface area contributed by atoms with Gasteiger partial charge >= 0.3 is 12.0 Å². The molecule has 0 heterocycles. The highest BCUT2D eigenvalue weighted by Crippen LogP contribution is 2.21. The molecule has 2 amide bonds. The van der Waals surface area contributed by atoms with E-state index in [1.807, 2.05) is 0 Å². The topological polar surface area (TPSA) is 87.7 Å². The third-order valence-electron chi connectivity index (χ3n) is 2.68. The normalized spacial score (nSPS) is 10.8. The number of aliphatic carboxylic acids is 1. The molecule has 0 aliphatic heterocycles. The first-order valence-electron chi connectivity index (χ1n) is 5.88. The average Bonchev–Trinajstić information content (AvgIpc) is 2.38. The van der Waals surface area contributed by atoms with Crippen LogP contribution in [0.2, 0.25) is 0 Å². The Balaban J connectivity index is 2.61. The molecule has 0 aliphatic rings. The highest BCUT2D eigenvalue weighted by atomic mass is 19.1. The zero-order valence-corrected chi connectivity index (χ0v) is 11.5.